The fourth-order valence-corrected chi connectivity index (χ4v) is 4.85. The lowest BCUT2D eigenvalue weighted by Crippen LogP contribution is -2.30. The number of benzene rings is 2. The van der Waals surface area contributed by atoms with Gasteiger partial charge < -0.3 is 5.32 Å². The molecule has 1 aliphatic rings. The number of carbonyl (C=O) groups excluding carboxylic acids is 1. The molecule has 1 aliphatic heterocycles. The van der Waals surface area contributed by atoms with Crippen molar-refractivity contribution >= 4 is 17.7 Å². The maximum atomic E-state index is 12.5. The standard InChI is InChI=1S/C23H26N4OS/c1-16-11-12-19(17(2)14-16)27-21(15-18-8-4-3-5-9-18)25-26-23(27)29-20-10-6-7-13-24-22(20)28/h3-5,8-9,11-12,14,20H,6-7,10,13,15H2,1-2H3,(H,24,28). The minimum absolute atomic E-state index is 0.104. The highest BCUT2D eigenvalue weighted by atomic mass is 32.2. The molecule has 0 aliphatic carbocycles. The van der Waals surface area contributed by atoms with E-state index < -0.39 is 0 Å². The van der Waals surface area contributed by atoms with E-state index in [4.69, 9.17) is 0 Å². The second-order valence-electron chi connectivity index (χ2n) is 7.58. The third kappa shape index (κ3) is 4.53. The van der Waals surface area contributed by atoms with Crippen LogP contribution in [0.5, 0.6) is 0 Å². The highest BCUT2D eigenvalue weighted by molar-refractivity contribution is 8.00. The molecule has 1 amide bonds. The smallest absolute Gasteiger partial charge is 0.233 e. The number of carbonyl (C=O) groups is 1. The number of nitrogens with one attached hydrogen (secondary N) is 1. The largest absolute Gasteiger partial charge is 0.355 e. The SMILES string of the molecule is Cc1ccc(-n2c(Cc3ccccc3)nnc2SC2CCCCNC2=O)c(C)c1. The van der Waals surface area contributed by atoms with Crippen LogP contribution in [0.1, 0.15) is 41.8 Å². The summed E-state index contributed by atoms with van der Waals surface area (Å²) in [5.74, 6) is 0.993. The molecule has 0 spiro atoms. The van der Waals surface area contributed by atoms with Crippen LogP contribution in [0.4, 0.5) is 0 Å². The number of aryl methyl sites for hydroxylation is 2. The number of rotatable bonds is 5. The van der Waals surface area contributed by atoms with E-state index in [1.165, 1.54) is 28.5 Å². The van der Waals surface area contributed by atoms with Crippen LogP contribution in [-0.4, -0.2) is 32.5 Å². The Hall–Kier alpha value is -2.60. The summed E-state index contributed by atoms with van der Waals surface area (Å²) in [5.41, 5.74) is 4.66. The molecule has 1 unspecified atom stereocenters. The van der Waals surface area contributed by atoms with Gasteiger partial charge in [0, 0.05) is 13.0 Å². The van der Waals surface area contributed by atoms with Crippen molar-refractivity contribution in [3.8, 4) is 5.69 Å². The molecule has 2 aromatic carbocycles. The molecule has 1 aromatic heterocycles. The van der Waals surface area contributed by atoms with E-state index in [1.54, 1.807) is 0 Å². The third-order valence-electron chi connectivity index (χ3n) is 5.23. The van der Waals surface area contributed by atoms with E-state index in [0.717, 1.165) is 42.5 Å². The van der Waals surface area contributed by atoms with E-state index in [1.807, 2.05) is 18.2 Å². The van der Waals surface area contributed by atoms with Gasteiger partial charge in [-0.05, 0) is 43.9 Å². The van der Waals surface area contributed by atoms with Crippen molar-refractivity contribution in [2.45, 2.75) is 49.9 Å². The summed E-state index contributed by atoms with van der Waals surface area (Å²) in [6.07, 6.45) is 3.64. The van der Waals surface area contributed by atoms with Gasteiger partial charge >= 0.3 is 0 Å². The van der Waals surface area contributed by atoms with Gasteiger partial charge in [0.25, 0.3) is 0 Å². The molecule has 3 aromatic rings. The zero-order chi connectivity index (χ0) is 20.2. The highest BCUT2D eigenvalue weighted by Gasteiger charge is 2.26. The molecule has 4 rings (SSSR count). The number of hydrogen-bond acceptors (Lipinski definition) is 4. The van der Waals surface area contributed by atoms with Gasteiger partial charge in [0.15, 0.2) is 5.16 Å². The molecule has 6 heteroatoms. The van der Waals surface area contributed by atoms with Crippen LogP contribution in [0.15, 0.2) is 53.7 Å². The monoisotopic (exact) mass is 406 g/mol. The second-order valence-corrected chi connectivity index (χ2v) is 8.75. The van der Waals surface area contributed by atoms with Crippen molar-refractivity contribution in [1.29, 1.82) is 0 Å². The quantitative estimate of drug-likeness (QED) is 0.689. The summed E-state index contributed by atoms with van der Waals surface area (Å²) in [6.45, 7) is 4.97. The fraction of sp³-hybridized carbons (Fsp3) is 0.348. The lowest BCUT2D eigenvalue weighted by molar-refractivity contribution is -0.120. The molecule has 29 heavy (non-hydrogen) atoms. The molecule has 1 fully saturated rings. The number of thioether (sulfide) groups is 1. The first-order valence-electron chi connectivity index (χ1n) is 10.1. The summed E-state index contributed by atoms with van der Waals surface area (Å²) in [7, 11) is 0. The Bertz CT molecular complexity index is 999. The summed E-state index contributed by atoms with van der Waals surface area (Å²) in [4.78, 5) is 12.5. The van der Waals surface area contributed by atoms with Gasteiger partial charge in [0.1, 0.15) is 5.82 Å². The summed E-state index contributed by atoms with van der Waals surface area (Å²) in [6, 6.07) is 16.7. The predicted molar refractivity (Wildman–Crippen MR) is 117 cm³/mol. The zero-order valence-electron chi connectivity index (χ0n) is 16.9. The Kier molecular flexibility index (Phi) is 6.00. The summed E-state index contributed by atoms with van der Waals surface area (Å²) >= 11 is 1.53. The average Bonchev–Trinajstić information content (AvgIpc) is 2.97. The molecule has 0 radical (unpaired) electrons. The average molecular weight is 407 g/mol. The Morgan fingerprint density at radius 1 is 1.10 bits per heavy atom. The van der Waals surface area contributed by atoms with Crippen molar-refractivity contribution < 1.29 is 4.79 Å². The molecule has 0 saturated carbocycles. The number of amides is 1. The third-order valence-corrected chi connectivity index (χ3v) is 6.44. The number of nitrogens with zero attached hydrogens (tertiary/aromatic N) is 3. The molecule has 150 valence electrons. The maximum Gasteiger partial charge on any atom is 0.233 e. The minimum Gasteiger partial charge on any atom is -0.355 e. The summed E-state index contributed by atoms with van der Waals surface area (Å²) < 4.78 is 2.13. The Morgan fingerprint density at radius 3 is 2.72 bits per heavy atom. The van der Waals surface area contributed by atoms with E-state index in [2.05, 4.69) is 64.3 Å². The zero-order valence-corrected chi connectivity index (χ0v) is 17.7. The number of aromatic nitrogens is 3. The van der Waals surface area contributed by atoms with Gasteiger partial charge in [0.2, 0.25) is 5.91 Å². The maximum absolute atomic E-state index is 12.5. The molecule has 5 nitrogen and oxygen atoms in total. The van der Waals surface area contributed by atoms with Crippen LogP contribution in [0.25, 0.3) is 5.69 Å². The molecule has 0 bridgehead atoms. The normalized spacial score (nSPS) is 17.0. The molecule has 1 saturated heterocycles. The van der Waals surface area contributed by atoms with Crippen molar-refractivity contribution in [2.24, 2.45) is 0 Å². The Balaban J connectivity index is 1.73. The van der Waals surface area contributed by atoms with Crippen molar-refractivity contribution in [3.05, 3.63) is 71.0 Å². The second kappa shape index (κ2) is 8.82. The van der Waals surface area contributed by atoms with Gasteiger partial charge in [-0.25, -0.2) is 0 Å². The molecule has 1 atom stereocenters. The van der Waals surface area contributed by atoms with Crippen LogP contribution in [-0.2, 0) is 11.2 Å². The molecule has 1 N–H and O–H groups in total. The van der Waals surface area contributed by atoms with Crippen LogP contribution < -0.4 is 5.32 Å². The van der Waals surface area contributed by atoms with Gasteiger partial charge in [-0.1, -0.05) is 66.2 Å². The van der Waals surface area contributed by atoms with Gasteiger partial charge in [-0.15, -0.1) is 10.2 Å². The van der Waals surface area contributed by atoms with Crippen molar-refractivity contribution in [3.63, 3.8) is 0 Å². The number of hydrogen-bond donors (Lipinski definition) is 1. The van der Waals surface area contributed by atoms with E-state index in [0.29, 0.717) is 6.42 Å². The summed E-state index contributed by atoms with van der Waals surface area (Å²) in [5, 5.41) is 12.7. The first-order chi connectivity index (χ1) is 14.1. The van der Waals surface area contributed by atoms with E-state index >= 15 is 0 Å². The highest BCUT2D eigenvalue weighted by Crippen LogP contribution is 2.31. The lowest BCUT2D eigenvalue weighted by atomic mass is 10.1. The Morgan fingerprint density at radius 2 is 1.93 bits per heavy atom. The van der Waals surface area contributed by atoms with Crippen molar-refractivity contribution in [2.75, 3.05) is 6.54 Å². The minimum atomic E-state index is -0.129. The van der Waals surface area contributed by atoms with Crippen molar-refractivity contribution in [1.82, 2.24) is 20.1 Å². The van der Waals surface area contributed by atoms with Crippen LogP contribution in [0.2, 0.25) is 0 Å². The lowest BCUT2D eigenvalue weighted by Gasteiger charge is -2.16. The Labute approximate surface area is 175 Å². The predicted octanol–water partition coefficient (Wildman–Crippen LogP) is 4.24. The molecular formula is C23H26N4OS. The molecular weight excluding hydrogens is 380 g/mol. The van der Waals surface area contributed by atoms with E-state index in [-0.39, 0.29) is 11.2 Å². The van der Waals surface area contributed by atoms with Gasteiger partial charge in [0.05, 0.1) is 10.9 Å². The van der Waals surface area contributed by atoms with Crippen LogP contribution in [0, 0.1) is 13.8 Å². The molecule has 2 heterocycles. The first-order valence-corrected chi connectivity index (χ1v) is 11.0. The van der Waals surface area contributed by atoms with Gasteiger partial charge in [-0.2, -0.15) is 0 Å². The van der Waals surface area contributed by atoms with Gasteiger partial charge in [-0.3, -0.25) is 9.36 Å². The van der Waals surface area contributed by atoms with Crippen LogP contribution >= 0.6 is 11.8 Å². The first kappa shape index (κ1) is 19.7. The van der Waals surface area contributed by atoms with Crippen LogP contribution in [0.3, 0.4) is 0 Å². The topological polar surface area (TPSA) is 59.8 Å². The van der Waals surface area contributed by atoms with E-state index in [9.17, 15) is 4.79 Å². The fourth-order valence-electron chi connectivity index (χ4n) is 3.72.